The van der Waals surface area contributed by atoms with Gasteiger partial charge in [0.15, 0.2) is 5.52 Å². The fourth-order valence-electron chi connectivity index (χ4n) is 3.29. The number of hydrogen-bond acceptors (Lipinski definition) is 5. The number of hydrogen-bond donors (Lipinski definition) is 2. The average Bonchev–Trinajstić information content (AvgIpc) is 3.09. The molecule has 0 bridgehead atoms. The Morgan fingerprint density at radius 2 is 1.92 bits per heavy atom. The molecule has 3 heterocycles. The highest BCUT2D eigenvalue weighted by molar-refractivity contribution is 6.02. The predicted molar refractivity (Wildman–Crippen MR) is 96.9 cm³/mol. The minimum absolute atomic E-state index is 0.161. The van der Waals surface area contributed by atoms with Gasteiger partial charge in [-0.15, -0.1) is 0 Å². The van der Waals surface area contributed by atoms with Crippen LogP contribution < -0.4 is 5.56 Å². The maximum Gasteiger partial charge on any atom is 0.279 e. The molecule has 134 valence electrons. The fourth-order valence-corrected chi connectivity index (χ4v) is 3.29. The van der Waals surface area contributed by atoms with Crippen molar-refractivity contribution in [1.29, 1.82) is 0 Å². The first-order chi connectivity index (χ1) is 12.6. The number of aromatic nitrogens is 4. The predicted octanol–water partition coefficient (Wildman–Crippen LogP) is 0.913. The molecular weight excluding hydrogens is 332 g/mol. The maximum absolute atomic E-state index is 12.8. The molecule has 0 aliphatic carbocycles. The van der Waals surface area contributed by atoms with Crippen molar-refractivity contribution in [1.82, 2.24) is 30.0 Å². The van der Waals surface area contributed by atoms with Gasteiger partial charge in [0.1, 0.15) is 11.2 Å². The van der Waals surface area contributed by atoms with E-state index < -0.39 is 0 Å². The molecule has 0 spiro atoms. The highest BCUT2D eigenvalue weighted by Crippen LogP contribution is 2.15. The Bertz CT molecular complexity index is 1000. The van der Waals surface area contributed by atoms with Gasteiger partial charge in [-0.25, -0.2) is 4.98 Å². The number of H-pyrrole nitrogens is 2. The number of amides is 1. The van der Waals surface area contributed by atoms with Crippen molar-refractivity contribution in [3.8, 4) is 0 Å². The lowest BCUT2D eigenvalue weighted by Crippen LogP contribution is -2.48. The molecular formula is C18H20N6O2. The number of aryl methyl sites for hydroxylation is 1. The lowest BCUT2D eigenvalue weighted by atomic mass is 10.1. The third-order valence-corrected chi connectivity index (χ3v) is 4.87. The van der Waals surface area contributed by atoms with E-state index in [0.717, 1.165) is 19.6 Å². The Balaban J connectivity index is 1.44. The maximum atomic E-state index is 12.8. The van der Waals surface area contributed by atoms with E-state index in [-0.39, 0.29) is 22.7 Å². The van der Waals surface area contributed by atoms with Crippen LogP contribution in [0, 0.1) is 6.92 Å². The third kappa shape index (κ3) is 2.99. The molecule has 3 aromatic rings. The van der Waals surface area contributed by atoms with E-state index in [0.29, 0.717) is 18.6 Å². The number of nitrogens with one attached hydrogen (secondary N) is 2. The molecule has 8 heteroatoms. The molecule has 1 amide bonds. The first-order valence-corrected chi connectivity index (χ1v) is 8.61. The van der Waals surface area contributed by atoms with Crippen molar-refractivity contribution < 1.29 is 4.79 Å². The number of carbonyl (C=O) groups excluding carboxylic acids is 1. The number of nitrogens with zero attached hydrogens (tertiary/aromatic N) is 4. The van der Waals surface area contributed by atoms with E-state index in [9.17, 15) is 9.59 Å². The summed E-state index contributed by atoms with van der Waals surface area (Å²) in [5.41, 5.74) is 3.00. The lowest BCUT2D eigenvalue weighted by Gasteiger charge is -2.34. The van der Waals surface area contributed by atoms with Crippen LogP contribution in [0.25, 0.3) is 11.0 Å². The first-order valence-electron chi connectivity index (χ1n) is 8.61. The van der Waals surface area contributed by atoms with E-state index >= 15 is 0 Å². The van der Waals surface area contributed by atoms with Crippen molar-refractivity contribution in [2.45, 2.75) is 13.5 Å². The number of piperazine rings is 1. The van der Waals surface area contributed by atoms with Crippen LogP contribution in [0.1, 0.15) is 21.6 Å². The highest BCUT2D eigenvalue weighted by atomic mass is 16.2. The van der Waals surface area contributed by atoms with Crippen LogP contribution in [-0.4, -0.2) is 62.1 Å². The smallest absolute Gasteiger partial charge is 0.279 e. The van der Waals surface area contributed by atoms with Gasteiger partial charge in [-0.3, -0.25) is 19.6 Å². The summed E-state index contributed by atoms with van der Waals surface area (Å²) < 4.78 is 0. The number of fused-ring (bicyclic) bond motifs is 1. The van der Waals surface area contributed by atoms with Crippen molar-refractivity contribution in [3.05, 3.63) is 57.8 Å². The Hall–Kier alpha value is -3.00. The van der Waals surface area contributed by atoms with Gasteiger partial charge < -0.3 is 9.88 Å². The van der Waals surface area contributed by atoms with Crippen LogP contribution in [0.3, 0.4) is 0 Å². The Morgan fingerprint density at radius 3 is 2.69 bits per heavy atom. The molecule has 1 aliphatic rings. The molecule has 0 saturated carbocycles. The SMILES string of the molecule is Cc1ccccc1CN1CCN(C(=O)c2[nH]nc3c(=O)[nH]cnc23)CC1. The molecule has 1 aromatic carbocycles. The normalized spacial score (nSPS) is 15.5. The van der Waals surface area contributed by atoms with Gasteiger partial charge >= 0.3 is 0 Å². The summed E-state index contributed by atoms with van der Waals surface area (Å²) in [5.74, 6) is -0.166. The molecule has 0 unspecified atom stereocenters. The zero-order valence-corrected chi connectivity index (χ0v) is 14.5. The summed E-state index contributed by atoms with van der Waals surface area (Å²) >= 11 is 0. The lowest BCUT2D eigenvalue weighted by molar-refractivity contribution is 0.0624. The summed E-state index contributed by atoms with van der Waals surface area (Å²) in [5, 5.41) is 6.60. The van der Waals surface area contributed by atoms with Crippen LogP contribution in [0.15, 0.2) is 35.4 Å². The molecule has 4 rings (SSSR count). The van der Waals surface area contributed by atoms with Gasteiger partial charge in [-0.1, -0.05) is 24.3 Å². The zero-order chi connectivity index (χ0) is 18.1. The Morgan fingerprint density at radius 1 is 1.15 bits per heavy atom. The van der Waals surface area contributed by atoms with E-state index in [1.54, 1.807) is 4.90 Å². The molecule has 2 aromatic heterocycles. The third-order valence-electron chi connectivity index (χ3n) is 4.87. The second-order valence-corrected chi connectivity index (χ2v) is 6.52. The van der Waals surface area contributed by atoms with Gasteiger partial charge in [0.25, 0.3) is 11.5 Å². The van der Waals surface area contributed by atoms with E-state index in [1.165, 1.54) is 17.5 Å². The van der Waals surface area contributed by atoms with Crippen LogP contribution in [-0.2, 0) is 6.54 Å². The van der Waals surface area contributed by atoms with E-state index in [1.807, 2.05) is 6.07 Å². The van der Waals surface area contributed by atoms with Crippen molar-refractivity contribution >= 4 is 16.9 Å². The van der Waals surface area contributed by atoms with Gasteiger partial charge in [0.2, 0.25) is 0 Å². The topological polar surface area (TPSA) is 98.0 Å². The van der Waals surface area contributed by atoms with Gasteiger partial charge in [0.05, 0.1) is 6.33 Å². The molecule has 1 saturated heterocycles. The average molecular weight is 352 g/mol. The quantitative estimate of drug-likeness (QED) is 0.730. The largest absolute Gasteiger partial charge is 0.335 e. The number of rotatable bonds is 3. The van der Waals surface area contributed by atoms with Crippen molar-refractivity contribution in [2.24, 2.45) is 0 Å². The van der Waals surface area contributed by atoms with Gasteiger partial charge in [-0.2, -0.15) is 5.10 Å². The number of benzene rings is 1. The van der Waals surface area contributed by atoms with Crippen LogP contribution in [0.4, 0.5) is 0 Å². The minimum atomic E-state index is -0.353. The molecule has 1 fully saturated rings. The molecule has 2 N–H and O–H groups in total. The number of aromatic amines is 2. The molecule has 0 atom stereocenters. The Labute approximate surface area is 149 Å². The molecule has 8 nitrogen and oxygen atoms in total. The monoisotopic (exact) mass is 352 g/mol. The second-order valence-electron chi connectivity index (χ2n) is 6.52. The van der Waals surface area contributed by atoms with Crippen LogP contribution in [0.5, 0.6) is 0 Å². The van der Waals surface area contributed by atoms with Crippen LogP contribution in [0.2, 0.25) is 0 Å². The second kappa shape index (κ2) is 6.72. The standard InChI is InChI=1S/C18H20N6O2/c1-12-4-2-3-5-13(12)10-23-6-8-24(9-7-23)18(26)16-14-15(21-22-16)17(25)20-11-19-14/h2-5,11H,6-10H2,1H3,(H,21,22)(H,19,20,25). The van der Waals surface area contributed by atoms with Crippen molar-refractivity contribution in [3.63, 3.8) is 0 Å². The van der Waals surface area contributed by atoms with Gasteiger partial charge in [0, 0.05) is 32.7 Å². The summed E-state index contributed by atoms with van der Waals surface area (Å²) in [6.07, 6.45) is 1.29. The van der Waals surface area contributed by atoms with Crippen molar-refractivity contribution in [2.75, 3.05) is 26.2 Å². The van der Waals surface area contributed by atoms with E-state index in [2.05, 4.69) is 50.2 Å². The molecule has 0 radical (unpaired) electrons. The van der Waals surface area contributed by atoms with Crippen LogP contribution >= 0.6 is 0 Å². The summed E-state index contributed by atoms with van der Waals surface area (Å²) in [7, 11) is 0. The highest BCUT2D eigenvalue weighted by Gasteiger charge is 2.26. The fraction of sp³-hybridized carbons (Fsp3) is 0.333. The number of carbonyl (C=O) groups is 1. The molecule has 1 aliphatic heterocycles. The Kier molecular flexibility index (Phi) is 4.26. The minimum Gasteiger partial charge on any atom is -0.335 e. The zero-order valence-electron chi connectivity index (χ0n) is 14.5. The summed E-state index contributed by atoms with van der Waals surface area (Å²) in [6, 6.07) is 8.36. The van der Waals surface area contributed by atoms with Gasteiger partial charge in [-0.05, 0) is 18.1 Å². The summed E-state index contributed by atoms with van der Waals surface area (Å²) in [4.78, 5) is 35.2. The molecule has 26 heavy (non-hydrogen) atoms. The summed E-state index contributed by atoms with van der Waals surface area (Å²) in [6.45, 7) is 5.88. The van der Waals surface area contributed by atoms with E-state index in [4.69, 9.17) is 0 Å². The first kappa shape index (κ1) is 16.5.